The van der Waals surface area contributed by atoms with E-state index in [0.717, 1.165) is 19.5 Å². The molecule has 0 radical (unpaired) electrons. The Balaban J connectivity index is 2.26. The van der Waals surface area contributed by atoms with E-state index in [1.807, 2.05) is 24.8 Å². The second-order valence-corrected chi connectivity index (χ2v) is 3.56. The van der Waals surface area contributed by atoms with Gasteiger partial charge in [0.25, 0.3) is 0 Å². The van der Waals surface area contributed by atoms with Crippen LogP contribution < -0.4 is 0 Å². The summed E-state index contributed by atoms with van der Waals surface area (Å²) in [5.74, 6) is 1.36. The average Bonchev–Trinajstić information content (AvgIpc) is 2.17. The molecule has 0 unspecified atom stereocenters. The van der Waals surface area contributed by atoms with Crippen LogP contribution >= 0.6 is 23.2 Å². The van der Waals surface area contributed by atoms with Gasteiger partial charge in [-0.2, -0.15) is 0 Å². The molecule has 74 valence electrons. The van der Waals surface area contributed by atoms with Gasteiger partial charge in [-0.15, -0.1) is 23.2 Å². The predicted octanol–water partition coefficient (Wildman–Crippen LogP) is 2.41. The third-order valence-corrected chi connectivity index (χ3v) is 2.23. The topological polar surface area (TPSA) is 6.48 Å². The Hall–Kier alpha value is -0.340. The maximum Gasteiger partial charge on any atom is 0.0403 e. The molecule has 0 spiro atoms. The third-order valence-electron chi connectivity index (χ3n) is 1.79. The van der Waals surface area contributed by atoms with E-state index in [-0.39, 0.29) is 0 Å². The van der Waals surface area contributed by atoms with Crippen LogP contribution in [0.15, 0.2) is 24.8 Å². The van der Waals surface area contributed by atoms with Crippen LogP contribution in [0.3, 0.4) is 0 Å². The fraction of sp³-hybridized carbons (Fsp3) is 0.556. The molecule has 0 aromatic carbocycles. The zero-order valence-electron chi connectivity index (χ0n) is 7.50. The van der Waals surface area contributed by atoms with E-state index in [9.17, 15) is 0 Å². The smallest absolute Gasteiger partial charge is 0.0403 e. The quantitative estimate of drug-likeness (QED) is 0.658. The molecular formula is C9H14Cl2N2. The molecule has 0 aliphatic carbocycles. The standard InChI is InChI=1S/C9H14Cl2N2/c10-2-1-4-12-6-8-13(5-3-11)9-7-12/h6-9H,1-5H2. The molecule has 0 saturated carbocycles. The van der Waals surface area contributed by atoms with Crippen LogP contribution in [0.5, 0.6) is 0 Å². The van der Waals surface area contributed by atoms with Crippen molar-refractivity contribution in [3.05, 3.63) is 24.8 Å². The van der Waals surface area contributed by atoms with Crippen LogP contribution in [0.4, 0.5) is 0 Å². The molecule has 1 heterocycles. The van der Waals surface area contributed by atoms with Crippen LogP contribution in [-0.4, -0.2) is 34.6 Å². The molecule has 0 fully saturated rings. The van der Waals surface area contributed by atoms with Crippen molar-refractivity contribution < 1.29 is 0 Å². The van der Waals surface area contributed by atoms with Gasteiger partial charge in [0.1, 0.15) is 0 Å². The highest BCUT2D eigenvalue weighted by Gasteiger charge is 2.01. The van der Waals surface area contributed by atoms with Crippen molar-refractivity contribution in [2.45, 2.75) is 6.42 Å². The van der Waals surface area contributed by atoms with E-state index >= 15 is 0 Å². The number of hydrogen-bond donors (Lipinski definition) is 0. The molecule has 0 N–H and O–H groups in total. The van der Waals surface area contributed by atoms with E-state index < -0.39 is 0 Å². The zero-order valence-corrected chi connectivity index (χ0v) is 9.01. The van der Waals surface area contributed by atoms with Gasteiger partial charge in [-0.05, 0) is 6.42 Å². The molecule has 0 aromatic heterocycles. The summed E-state index contributed by atoms with van der Waals surface area (Å²) in [7, 11) is 0. The van der Waals surface area contributed by atoms with E-state index in [0.29, 0.717) is 11.8 Å². The molecule has 1 rings (SSSR count). The SMILES string of the molecule is ClCCCN1C=CN(CCCl)C=C1. The van der Waals surface area contributed by atoms with Gasteiger partial charge in [0.2, 0.25) is 0 Å². The number of rotatable bonds is 5. The summed E-state index contributed by atoms with van der Waals surface area (Å²) in [4.78, 5) is 4.18. The Kier molecular flexibility index (Phi) is 5.09. The van der Waals surface area contributed by atoms with Crippen molar-refractivity contribution in [2.24, 2.45) is 0 Å². The lowest BCUT2D eigenvalue weighted by Gasteiger charge is -2.23. The maximum atomic E-state index is 5.61. The Morgan fingerprint density at radius 3 is 1.77 bits per heavy atom. The summed E-state index contributed by atoms with van der Waals surface area (Å²) in [6.45, 7) is 1.84. The Morgan fingerprint density at radius 1 is 0.769 bits per heavy atom. The highest BCUT2D eigenvalue weighted by Crippen LogP contribution is 2.05. The van der Waals surface area contributed by atoms with Gasteiger partial charge in [0.15, 0.2) is 0 Å². The lowest BCUT2D eigenvalue weighted by Crippen LogP contribution is -2.22. The summed E-state index contributed by atoms with van der Waals surface area (Å²) in [5, 5.41) is 0. The van der Waals surface area contributed by atoms with Crippen molar-refractivity contribution in [3.63, 3.8) is 0 Å². The summed E-state index contributed by atoms with van der Waals surface area (Å²) in [6.07, 6.45) is 9.14. The van der Waals surface area contributed by atoms with Gasteiger partial charge in [-0.3, -0.25) is 0 Å². The van der Waals surface area contributed by atoms with Crippen LogP contribution in [0, 0.1) is 0 Å². The van der Waals surface area contributed by atoms with Crippen LogP contribution in [0.1, 0.15) is 6.42 Å². The van der Waals surface area contributed by atoms with E-state index in [4.69, 9.17) is 23.2 Å². The fourth-order valence-corrected chi connectivity index (χ4v) is 1.39. The van der Waals surface area contributed by atoms with Crippen molar-refractivity contribution in [3.8, 4) is 0 Å². The third kappa shape index (κ3) is 3.92. The van der Waals surface area contributed by atoms with E-state index in [2.05, 4.69) is 9.80 Å². The number of hydrogen-bond acceptors (Lipinski definition) is 2. The Bertz CT molecular complexity index is 178. The molecule has 2 nitrogen and oxygen atoms in total. The van der Waals surface area contributed by atoms with Crippen LogP contribution in [0.25, 0.3) is 0 Å². The minimum absolute atomic E-state index is 0.649. The van der Waals surface area contributed by atoms with Gasteiger partial charge in [0, 0.05) is 49.6 Å². The highest BCUT2D eigenvalue weighted by atomic mass is 35.5. The molecule has 13 heavy (non-hydrogen) atoms. The molecule has 4 heteroatoms. The first-order chi connectivity index (χ1) is 6.36. The zero-order chi connectivity index (χ0) is 9.52. The van der Waals surface area contributed by atoms with Gasteiger partial charge in [0.05, 0.1) is 0 Å². The summed E-state index contributed by atoms with van der Waals surface area (Å²) in [5.41, 5.74) is 0. The minimum Gasteiger partial charge on any atom is -0.351 e. The van der Waals surface area contributed by atoms with Crippen LogP contribution in [0.2, 0.25) is 0 Å². The predicted molar refractivity (Wildman–Crippen MR) is 57.7 cm³/mol. The maximum absolute atomic E-state index is 5.61. The molecule has 1 aliphatic rings. The lowest BCUT2D eigenvalue weighted by molar-refractivity contribution is 0.432. The van der Waals surface area contributed by atoms with Gasteiger partial charge in [-0.25, -0.2) is 0 Å². The summed E-state index contributed by atoms with van der Waals surface area (Å²) < 4.78 is 0. The average molecular weight is 221 g/mol. The van der Waals surface area contributed by atoms with Gasteiger partial charge < -0.3 is 9.80 Å². The normalized spacial score (nSPS) is 15.5. The Morgan fingerprint density at radius 2 is 1.31 bits per heavy atom. The molecule has 1 aliphatic heterocycles. The highest BCUT2D eigenvalue weighted by molar-refractivity contribution is 6.18. The molecule has 0 atom stereocenters. The van der Waals surface area contributed by atoms with Crippen molar-refractivity contribution in [1.82, 2.24) is 9.80 Å². The van der Waals surface area contributed by atoms with Gasteiger partial charge in [-0.1, -0.05) is 0 Å². The molecule has 0 aromatic rings. The van der Waals surface area contributed by atoms with Crippen molar-refractivity contribution >= 4 is 23.2 Å². The van der Waals surface area contributed by atoms with Gasteiger partial charge >= 0.3 is 0 Å². The largest absolute Gasteiger partial charge is 0.351 e. The number of halogens is 2. The second-order valence-electron chi connectivity index (χ2n) is 2.80. The van der Waals surface area contributed by atoms with E-state index in [1.165, 1.54) is 0 Å². The first-order valence-corrected chi connectivity index (χ1v) is 5.44. The summed E-state index contributed by atoms with van der Waals surface area (Å²) >= 11 is 11.2. The fourth-order valence-electron chi connectivity index (χ4n) is 1.08. The molecule has 0 bridgehead atoms. The molecular weight excluding hydrogens is 207 g/mol. The van der Waals surface area contributed by atoms with Crippen LogP contribution in [-0.2, 0) is 0 Å². The summed E-state index contributed by atoms with van der Waals surface area (Å²) in [6, 6.07) is 0. The Labute approximate surface area is 89.4 Å². The first-order valence-electron chi connectivity index (χ1n) is 4.37. The first kappa shape index (κ1) is 10.7. The minimum atomic E-state index is 0.649. The molecule has 0 saturated heterocycles. The lowest BCUT2D eigenvalue weighted by atomic mass is 10.4. The van der Waals surface area contributed by atoms with Crippen molar-refractivity contribution in [2.75, 3.05) is 24.8 Å². The van der Waals surface area contributed by atoms with Crippen molar-refractivity contribution in [1.29, 1.82) is 0 Å². The van der Waals surface area contributed by atoms with E-state index in [1.54, 1.807) is 0 Å². The monoisotopic (exact) mass is 220 g/mol. The number of alkyl halides is 2. The second kappa shape index (κ2) is 6.17. The number of nitrogens with zero attached hydrogens (tertiary/aromatic N) is 2. The molecule has 0 amide bonds.